The van der Waals surface area contributed by atoms with Gasteiger partial charge in [0, 0.05) is 32.2 Å². The molecule has 0 atom stereocenters. The molecule has 2 aromatic heterocycles. The van der Waals surface area contributed by atoms with Gasteiger partial charge in [-0.1, -0.05) is 54.6 Å². The molecule has 0 bridgehead atoms. The van der Waals surface area contributed by atoms with E-state index in [-0.39, 0.29) is 23.5 Å². The van der Waals surface area contributed by atoms with Crippen LogP contribution in [0.15, 0.2) is 100 Å². The summed E-state index contributed by atoms with van der Waals surface area (Å²) in [6, 6.07) is 28.0. The summed E-state index contributed by atoms with van der Waals surface area (Å²) in [5, 5.41) is 0. The zero-order chi connectivity index (χ0) is 27.5. The number of carbonyl (C=O) groups is 1. The number of imidazole rings is 1. The third-order valence-corrected chi connectivity index (χ3v) is 7.56. The monoisotopic (exact) mass is 538 g/mol. The minimum Gasteiger partial charge on any atom is -0.455 e. The molecule has 40 heavy (non-hydrogen) atoms. The standard InChI is InChI=1S/C32H31FN4O3/c33-25-12-10-24(11-13-25)21-35(20-23-6-2-1-3-7-23)22-27-14-15-30(40-27)31(38)36-18-16-26(17-19-36)37-29-9-5-4-8-28(29)34-32(37)39/h1-15,26H,16-22H2,(H,34,39). The molecular formula is C32H31FN4O3. The van der Waals surface area contributed by atoms with E-state index in [4.69, 9.17) is 4.42 Å². The van der Waals surface area contributed by atoms with Crippen LogP contribution in [-0.2, 0) is 19.6 Å². The van der Waals surface area contributed by atoms with Crippen molar-refractivity contribution >= 4 is 16.9 Å². The van der Waals surface area contributed by atoms with Crippen molar-refractivity contribution in [2.45, 2.75) is 38.5 Å². The predicted molar refractivity (Wildman–Crippen MR) is 151 cm³/mol. The van der Waals surface area contributed by atoms with Gasteiger partial charge in [0.1, 0.15) is 11.6 Å². The van der Waals surface area contributed by atoms with Crippen LogP contribution in [0.2, 0.25) is 0 Å². The molecule has 1 aliphatic rings. The van der Waals surface area contributed by atoms with Gasteiger partial charge in [0.2, 0.25) is 0 Å². The second-order valence-corrected chi connectivity index (χ2v) is 10.4. The Labute approximate surface area is 231 Å². The van der Waals surface area contributed by atoms with Gasteiger partial charge in [0.15, 0.2) is 5.76 Å². The van der Waals surface area contributed by atoms with Crippen molar-refractivity contribution in [3.63, 3.8) is 0 Å². The molecule has 204 valence electrons. The van der Waals surface area contributed by atoms with Crippen molar-refractivity contribution in [1.82, 2.24) is 19.4 Å². The number of carbonyl (C=O) groups excluding carboxylic acids is 1. The van der Waals surface area contributed by atoms with Crippen molar-refractivity contribution in [3.05, 3.63) is 130 Å². The number of hydrogen-bond acceptors (Lipinski definition) is 4. The quantitative estimate of drug-likeness (QED) is 0.273. The van der Waals surface area contributed by atoms with Crippen LogP contribution in [-0.4, -0.2) is 38.3 Å². The van der Waals surface area contributed by atoms with E-state index in [1.165, 1.54) is 12.1 Å². The van der Waals surface area contributed by atoms with Crippen molar-refractivity contribution < 1.29 is 13.6 Å². The topological polar surface area (TPSA) is 74.5 Å². The van der Waals surface area contributed by atoms with Gasteiger partial charge in [-0.05, 0) is 60.4 Å². The highest BCUT2D eigenvalue weighted by molar-refractivity contribution is 5.91. The lowest BCUT2D eigenvalue weighted by atomic mass is 10.0. The van der Waals surface area contributed by atoms with Crippen LogP contribution in [0.1, 0.15) is 46.3 Å². The molecule has 3 heterocycles. The van der Waals surface area contributed by atoms with Crippen molar-refractivity contribution in [2.24, 2.45) is 0 Å². The first kappa shape index (κ1) is 25.8. The van der Waals surface area contributed by atoms with E-state index in [0.717, 1.165) is 22.2 Å². The molecule has 1 saturated heterocycles. The molecule has 1 aliphatic heterocycles. The number of nitrogens with one attached hydrogen (secondary N) is 1. The first-order valence-corrected chi connectivity index (χ1v) is 13.6. The number of fused-ring (bicyclic) bond motifs is 1. The van der Waals surface area contributed by atoms with E-state index < -0.39 is 0 Å². The van der Waals surface area contributed by atoms with Gasteiger partial charge in [-0.3, -0.25) is 14.3 Å². The molecule has 8 heteroatoms. The number of rotatable bonds is 8. The summed E-state index contributed by atoms with van der Waals surface area (Å²) < 4.78 is 21.3. The molecule has 3 aromatic carbocycles. The summed E-state index contributed by atoms with van der Waals surface area (Å²) in [6.07, 6.45) is 1.40. The van der Waals surface area contributed by atoms with E-state index >= 15 is 0 Å². The summed E-state index contributed by atoms with van der Waals surface area (Å²) in [5.74, 6) is 0.620. The molecule has 0 spiro atoms. The summed E-state index contributed by atoms with van der Waals surface area (Å²) in [7, 11) is 0. The second kappa shape index (κ2) is 11.4. The number of halogens is 1. The molecule has 7 nitrogen and oxygen atoms in total. The lowest BCUT2D eigenvalue weighted by molar-refractivity contribution is 0.0658. The zero-order valence-corrected chi connectivity index (χ0v) is 22.1. The Hall–Kier alpha value is -4.43. The van der Waals surface area contributed by atoms with Crippen molar-refractivity contribution in [1.29, 1.82) is 0 Å². The van der Waals surface area contributed by atoms with Gasteiger partial charge in [-0.2, -0.15) is 0 Å². The molecule has 1 amide bonds. The fourth-order valence-corrected chi connectivity index (χ4v) is 5.58. The van der Waals surface area contributed by atoms with E-state index in [9.17, 15) is 14.0 Å². The van der Waals surface area contributed by atoms with Gasteiger partial charge >= 0.3 is 5.69 Å². The van der Waals surface area contributed by atoms with E-state index in [1.807, 2.05) is 53.1 Å². The number of benzene rings is 3. The number of hydrogen-bond donors (Lipinski definition) is 1. The van der Waals surface area contributed by atoms with Gasteiger partial charge in [-0.25, -0.2) is 9.18 Å². The number of aromatic nitrogens is 2. The minimum absolute atomic E-state index is 0.0397. The van der Waals surface area contributed by atoms with Gasteiger partial charge in [0.05, 0.1) is 17.6 Å². The zero-order valence-electron chi connectivity index (χ0n) is 22.1. The Bertz CT molecular complexity index is 1650. The van der Waals surface area contributed by atoms with Gasteiger partial charge in [-0.15, -0.1) is 0 Å². The van der Waals surface area contributed by atoms with E-state index in [2.05, 4.69) is 22.0 Å². The summed E-state index contributed by atoms with van der Waals surface area (Å²) >= 11 is 0. The molecule has 0 radical (unpaired) electrons. The minimum atomic E-state index is -0.259. The van der Waals surface area contributed by atoms with E-state index in [0.29, 0.717) is 57.1 Å². The molecule has 1 fully saturated rings. The van der Waals surface area contributed by atoms with Crippen LogP contribution in [0.3, 0.4) is 0 Å². The molecule has 0 aliphatic carbocycles. The normalized spacial score (nSPS) is 14.3. The van der Waals surface area contributed by atoms with Crippen LogP contribution in [0.4, 0.5) is 4.39 Å². The average molecular weight is 539 g/mol. The van der Waals surface area contributed by atoms with Crippen LogP contribution in [0, 0.1) is 5.82 Å². The lowest BCUT2D eigenvalue weighted by Gasteiger charge is -2.32. The lowest BCUT2D eigenvalue weighted by Crippen LogP contribution is -2.40. The first-order valence-electron chi connectivity index (χ1n) is 13.6. The Morgan fingerprint density at radius 2 is 1.52 bits per heavy atom. The molecule has 6 rings (SSSR count). The number of nitrogens with zero attached hydrogens (tertiary/aromatic N) is 3. The summed E-state index contributed by atoms with van der Waals surface area (Å²) in [6.45, 7) is 2.90. The Morgan fingerprint density at radius 1 is 0.850 bits per heavy atom. The largest absolute Gasteiger partial charge is 0.455 e. The number of para-hydroxylation sites is 2. The molecular weight excluding hydrogens is 507 g/mol. The van der Waals surface area contributed by atoms with Gasteiger partial charge < -0.3 is 14.3 Å². The summed E-state index contributed by atoms with van der Waals surface area (Å²) in [4.78, 5) is 32.8. The third-order valence-electron chi connectivity index (χ3n) is 7.56. The average Bonchev–Trinajstić information content (AvgIpc) is 3.58. The number of aromatic amines is 1. The molecule has 0 unspecified atom stereocenters. The molecule has 0 saturated carbocycles. The van der Waals surface area contributed by atoms with E-state index in [1.54, 1.807) is 23.1 Å². The maximum absolute atomic E-state index is 13.4. The predicted octanol–water partition coefficient (Wildman–Crippen LogP) is 5.74. The number of likely N-dealkylation sites (tertiary alicyclic amines) is 1. The highest BCUT2D eigenvalue weighted by atomic mass is 19.1. The smallest absolute Gasteiger partial charge is 0.326 e. The fraction of sp³-hybridized carbons (Fsp3) is 0.250. The molecule has 1 N–H and O–H groups in total. The number of furan rings is 1. The van der Waals surface area contributed by atoms with Crippen LogP contribution >= 0.6 is 0 Å². The number of H-pyrrole nitrogens is 1. The highest BCUT2D eigenvalue weighted by Gasteiger charge is 2.28. The van der Waals surface area contributed by atoms with Gasteiger partial charge in [0.25, 0.3) is 5.91 Å². The number of amides is 1. The second-order valence-electron chi connectivity index (χ2n) is 10.4. The van der Waals surface area contributed by atoms with Crippen molar-refractivity contribution in [3.8, 4) is 0 Å². The van der Waals surface area contributed by atoms with Crippen LogP contribution in [0.5, 0.6) is 0 Å². The first-order chi connectivity index (χ1) is 19.5. The molecule has 5 aromatic rings. The fourth-order valence-electron chi connectivity index (χ4n) is 5.58. The maximum Gasteiger partial charge on any atom is 0.326 e. The maximum atomic E-state index is 13.4. The highest BCUT2D eigenvalue weighted by Crippen LogP contribution is 2.26. The van der Waals surface area contributed by atoms with Crippen LogP contribution in [0.25, 0.3) is 11.0 Å². The number of piperidine rings is 1. The Kier molecular flexibility index (Phi) is 7.33. The van der Waals surface area contributed by atoms with Crippen LogP contribution < -0.4 is 5.69 Å². The Balaban J connectivity index is 1.12. The third kappa shape index (κ3) is 5.62. The summed E-state index contributed by atoms with van der Waals surface area (Å²) in [5.41, 5.74) is 3.77. The van der Waals surface area contributed by atoms with Crippen molar-refractivity contribution in [2.75, 3.05) is 13.1 Å². The Morgan fingerprint density at radius 3 is 2.27 bits per heavy atom. The SMILES string of the molecule is O=C(c1ccc(CN(Cc2ccccc2)Cc2ccc(F)cc2)o1)N1CCC(n2c(=O)[nH]c3ccccc32)CC1.